The molecule has 0 atom stereocenters. The van der Waals surface area contributed by atoms with Gasteiger partial charge in [0.1, 0.15) is 5.75 Å². The third kappa shape index (κ3) is 7.49. The highest BCUT2D eigenvalue weighted by Crippen LogP contribution is 2.18. The first kappa shape index (κ1) is 18.0. The van der Waals surface area contributed by atoms with Crippen LogP contribution in [0.3, 0.4) is 0 Å². The molecule has 0 aromatic heterocycles. The maximum atomic E-state index is 5.20. The van der Waals surface area contributed by atoms with Gasteiger partial charge in [0.2, 0.25) is 0 Å². The lowest BCUT2D eigenvalue weighted by molar-refractivity contribution is 0.197. The second kappa shape index (κ2) is 8.40. The Balaban J connectivity index is 2.41. The lowest BCUT2D eigenvalue weighted by atomic mass is 9.92. The largest absolute Gasteiger partial charge is 0.497 e. The van der Waals surface area contributed by atoms with E-state index in [1.165, 1.54) is 5.56 Å². The monoisotopic (exact) mass is 292 g/mol. The summed E-state index contributed by atoms with van der Waals surface area (Å²) in [4.78, 5) is 2.39. The number of ether oxygens (including phenoxy) is 1. The van der Waals surface area contributed by atoms with Crippen molar-refractivity contribution in [2.45, 2.75) is 34.2 Å². The normalized spacial score (nSPS) is 12.2. The van der Waals surface area contributed by atoms with Gasteiger partial charge in [-0.3, -0.25) is 0 Å². The van der Waals surface area contributed by atoms with Crippen molar-refractivity contribution in [2.75, 3.05) is 33.8 Å². The van der Waals surface area contributed by atoms with E-state index in [2.05, 4.69) is 57.1 Å². The van der Waals surface area contributed by atoms with Crippen LogP contribution < -0.4 is 10.1 Å². The third-order valence-corrected chi connectivity index (χ3v) is 3.47. The second-order valence-corrected chi connectivity index (χ2v) is 7.21. The quantitative estimate of drug-likeness (QED) is 0.755. The minimum absolute atomic E-state index is 0.274. The molecule has 1 aromatic rings. The molecule has 1 rings (SSSR count). The Morgan fingerprint density at radius 2 is 1.81 bits per heavy atom. The Morgan fingerprint density at radius 1 is 1.19 bits per heavy atom. The molecule has 3 heteroatoms. The van der Waals surface area contributed by atoms with Crippen molar-refractivity contribution in [3.05, 3.63) is 29.8 Å². The van der Waals surface area contributed by atoms with E-state index in [0.717, 1.165) is 31.9 Å². The lowest BCUT2D eigenvalue weighted by Crippen LogP contribution is -2.39. The average Bonchev–Trinajstić information content (AvgIpc) is 2.38. The predicted octanol–water partition coefficient (Wildman–Crippen LogP) is 3.40. The molecule has 0 spiro atoms. The summed E-state index contributed by atoms with van der Waals surface area (Å²) in [6.45, 7) is 13.3. The summed E-state index contributed by atoms with van der Waals surface area (Å²) >= 11 is 0. The van der Waals surface area contributed by atoms with Crippen LogP contribution >= 0.6 is 0 Å². The van der Waals surface area contributed by atoms with Gasteiger partial charge >= 0.3 is 0 Å². The maximum absolute atomic E-state index is 5.20. The van der Waals surface area contributed by atoms with Crippen LogP contribution in [0, 0.1) is 11.3 Å². The number of hydrogen-bond donors (Lipinski definition) is 1. The Kier molecular flexibility index (Phi) is 7.20. The number of benzene rings is 1. The zero-order chi connectivity index (χ0) is 15.9. The van der Waals surface area contributed by atoms with E-state index >= 15 is 0 Å². The summed E-state index contributed by atoms with van der Waals surface area (Å²) in [7, 11) is 3.89. The first-order valence-electron chi connectivity index (χ1n) is 7.84. The van der Waals surface area contributed by atoms with E-state index in [9.17, 15) is 0 Å². The van der Waals surface area contributed by atoms with Gasteiger partial charge in [-0.25, -0.2) is 0 Å². The molecule has 0 radical (unpaired) electrons. The summed E-state index contributed by atoms with van der Waals surface area (Å²) in [5, 5.41) is 3.57. The van der Waals surface area contributed by atoms with Gasteiger partial charge < -0.3 is 15.0 Å². The second-order valence-electron chi connectivity index (χ2n) is 7.21. The molecule has 0 aliphatic carbocycles. The van der Waals surface area contributed by atoms with E-state index in [1.54, 1.807) is 7.11 Å². The van der Waals surface area contributed by atoms with Crippen molar-refractivity contribution in [1.29, 1.82) is 0 Å². The number of hydrogen-bond acceptors (Lipinski definition) is 3. The van der Waals surface area contributed by atoms with E-state index in [4.69, 9.17) is 4.74 Å². The van der Waals surface area contributed by atoms with Crippen LogP contribution in [-0.4, -0.2) is 38.7 Å². The molecule has 3 nitrogen and oxygen atoms in total. The summed E-state index contributed by atoms with van der Waals surface area (Å²) in [6, 6.07) is 8.33. The highest BCUT2D eigenvalue weighted by atomic mass is 16.5. The van der Waals surface area contributed by atoms with Crippen molar-refractivity contribution in [2.24, 2.45) is 11.3 Å². The SMILES string of the molecule is COc1ccc(CN(C)CC(C)(C)CNCC(C)C)cc1. The van der Waals surface area contributed by atoms with Crippen molar-refractivity contribution >= 4 is 0 Å². The molecule has 0 unspecified atom stereocenters. The summed E-state index contributed by atoms with van der Waals surface area (Å²) in [6.07, 6.45) is 0. The van der Waals surface area contributed by atoms with Crippen LogP contribution in [0.5, 0.6) is 5.75 Å². The first-order chi connectivity index (χ1) is 9.82. The molecule has 0 aliphatic rings. The van der Waals surface area contributed by atoms with Crippen LogP contribution in [0.2, 0.25) is 0 Å². The van der Waals surface area contributed by atoms with Crippen molar-refractivity contribution in [1.82, 2.24) is 10.2 Å². The van der Waals surface area contributed by atoms with Gasteiger partial charge in [0, 0.05) is 19.6 Å². The molecule has 120 valence electrons. The van der Waals surface area contributed by atoms with Crippen molar-refractivity contribution in [3.63, 3.8) is 0 Å². The van der Waals surface area contributed by atoms with Gasteiger partial charge in [-0.2, -0.15) is 0 Å². The molecular weight excluding hydrogens is 260 g/mol. The van der Waals surface area contributed by atoms with Crippen molar-refractivity contribution < 1.29 is 4.74 Å². The lowest BCUT2D eigenvalue weighted by Gasteiger charge is -2.31. The Morgan fingerprint density at radius 3 is 2.33 bits per heavy atom. The molecular formula is C18H32N2O. The zero-order valence-corrected chi connectivity index (χ0v) is 14.6. The molecule has 1 aromatic carbocycles. The van der Waals surface area contributed by atoms with Gasteiger partial charge in [-0.1, -0.05) is 39.8 Å². The summed E-state index contributed by atoms with van der Waals surface area (Å²) < 4.78 is 5.20. The van der Waals surface area contributed by atoms with Crippen LogP contribution in [0.1, 0.15) is 33.3 Å². The fraction of sp³-hybridized carbons (Fsp3) is 0.667. The molecule has 21 heavy (non-hydrogen) atoms. The molecule has 0 heterocycles. The number of nitrogens with zero attached hydrogens (tertiary/aromatic N) is 1. The number of nitrogens with one attached hydrogen (secondary N) is 1. The Bertz CT molecular complexity index is 398. The van der Waals surface area contributed by atoms with Gasteiger partial charge in [0.25, 0.3) is 0 Å². The maximum Gasteiger partial charge on any atom is 0.118 e. The molecule has 1 N–H and O–H groups in total. The molecule has 0 amide bonds. The number of rotatable bonds is 9. The van der Waals surface area contributed by atoms with Crippen LogP contribution in [-0.2, 0) is 6.54 Å². The predicted molar refractivity (Wildman–Crippen MR) is 90.8 cm³/mol. The van der Waals surface area contributed by atoms with E-state index in [1.807, 2.05) is 12.1 Å². The minimum atomic E-state index is 0.274. The third-order valence-electron chi connectivity index (χ3n) is 3.47. The molecule has 0 saturated heterocycles. The Hall–Kier alpha value is -1.06. The van der Waals surface area contributed by atoms with Crippen LogP contribution in [0.15, 0.2) is 24.3 Å². The zero-order valence-electron chi connectivity index (χ0n) is 14.6. The fourth-order valence-electron chi connectivity index (χ4n) is 2.58. The first-order valence-corrected chi connectivity index (χ1v) is 7.84. The average molecular weight is 292 g/mol. The highest BCUT2D eigenvalue weighted by molar-refractivity contribution is 5.27. The smallest absolute Gasteiger partial charge is 0.118 e. The van der Waals surface area contributed by atoms with E-state index in [-0.39, 0.29) is 5.41 Å². The standard InChI is InChI=1S/C18H32N2O/c1-15(2)11-19-13-18(3,4)14-20(5)12-16-7-9-17(21-6)10-8-16/h7-10,15,19H,11-14H2,1-6H3. The van der Waals surface area contributed by atoms with Gasteiger partial charge in [-0.05, 0) is 42.6 Å². The molecule has 0 saturated carbocycles. The van der Waals surface area contributed by atoms with Gasteiger partial charge in [0.15, 0.2) is 0 Å². The highest BCUT2D eigenvalue weighted by Gasteiger charge is 2.19. The van der Waals surface area contributed by atoms with Crippen LogP contribution in [0.25, 0.3) is 0 Å². The minimum Gasteiger partial charge on any atom is -0.497 e. The summed E-state index contributed by atoms with van der Waals surface area (Å²) in [5.41, 5.74) is 1.60. The summed E-state index contributed by atoms with van der Waals surface area (Å²) in [5.74, 6) is 1.62. The molecule has 0 fully saturated rings. The van der Waals surface area contributed by atoms with E-state index < -0.39 is 0 Å². The van der Waals surface area contributed by atoms with Crippen molar-refractivity contribution in [3.8, 4) is 5.75 Å². The van der Waals surface area contributed by atoms with Gasteiger partial charge in [-0.15, -0.1) is 0 Å². The Labute approximate surface area is 130 Å². The van der Waals surface area contributed by atoms with Gasteiger partial charge in [0.05, 0.1) is 7.11 Å². The van der Waals surface area contributed by atoms with E-state index in [0.29, 0.717) is 5.92 Å². The van der Waals surface area contributed by atoms with Crippen LogP contribution in [0.4, 0.5) is 0 Å². The topological polar surface area (TPSA) is 24.5 Å². The molecule has 0 bridgehead atoms. The molecule has 0 aliphatic heterocycles. The fourth-order valence-corrected chi connectivity index (χ4v) is 2.58. The number of methoxy groups -OCH3 is 1.